The van der Waals surface area contributed by atoms with Crippen LogP contribution in [-0.2, 0) is 17.6 Å². The van der Waals surface area contributed by atoms with Crippen LogP contribution in [0.2, 0.25) is 10.0 Å². The highest BCUT2D eigenvalue weighted by Crippen LogP contribution is 2.29. The van der Waals surface area contributed by atoms with Crippen LogP contribution in [0, 0.1) is 0 Å². The molecule has 0 spiro atoms. The van der Waals surface area contributed by atoms with Crippen LogP contribution in [0.4, 0.5) is 5.69 Å². The van der Waals surface area contributed by atoms with Gasteiger partial charge in [0, 0.05) is 28.7 Å². The normalized spacial score (nSPS) is 13.8. The van der Waals surface area contributed by atoms with Gasteiger partial charge >= 0.3 is 0 Å². The molecule has 1 aliphatic heterocycles. The smallest absolute Gasteiger partial charge is 0.227 e. The summed E-state index contributed by atoms with van der Waals surface area (Å²) >= 11 is 12.3. The Morgan fingerprint density at radius 3 is 2.55 bits per heavy atom. The zero-order valence-electron chi connectivity index (χ0n) is 12.2. The van der Waals surface area contributed by atoms with Crippen molar-refractivity contribution in [3.05, 3.63) is 63.6 Å². The molecule has 3 rings (SSSR count). The molecule has 2 aromatic rings. The number of carbonyl (C=O) groups is 1. The van der Waals surface area contributed by atoms with Crippen molar-refractivity contribution in [1.29, 1.82) is 0 Å². The topological polar surface area (TPSA) is 20.3 Å². The van der Waals surface area contributed by atoms with Crippen LogP contribution in [0.1, 0.15) is 24.0 Å². The van der Waals surface area contributed by atoms with Crippen molar-refractivity contribution in [2.45, 2.75) is 25.7 Å². The first-order chi connectivity index (χ1) is 10.7. The van der Waals surface area contributed by atoms with E-state index >= 15 is 0 Å². The Morgan fingerprint density at radius 1 is 1.05 bits per heavy atom. The molecule has 2 nitrogen and oxygen atoms in total. The molecule has 2 aromatic carbocycles. The van der Waals surface area contributed by atoms with E-state index < -0.39 is 0 Å². The molecule has 4 heteroatoms. The lowest BCUT2D eigenvalue weighted by atomic mass is 10.0. The molecule has 0 fully saturated rings. The van der Waals surface area contributed by atoms with E-state index in [0.29, 0.717) is 22.9 Å². The van der Waals surface area contributed by atoms with Gasteiger partial charge in [0.1, 0.15) is 0 Å². The molecule has 0 radical (unpaired) electrons. The van der Waals surface area contributed by atoms with Crippen molar-refractivity contribution < 1.29 is 4.79 Å². The van der Waals surface area contributed by atoms with Crippen LogP contribution in [0.15, 0.2) is 42.5 Å². The summed E-state index contributed by atoms with van der Waals surface area (Å²) in [6, 6.07) is 13.6. The van der Waals surface area contributed by atoms with E-state index in [2.05, 4.69) is 6.07 Å². The van der Waals surface area contributed by atoms with Gasteiger partial charge in [-0.25, -0.2) is 0 Å². The maximum atomic E-state index is 12.6. The third-order valence-corrected chi connectivity index (χ3v) is 4.77. The predicted octanol–water partition coefficient (Wildman–Crippen LogP) is 4.91. The fraction of sp³-hybridized carbons (Fsp3) is 0.278. The lowest BCUT2D eigenvalue weighted by Gasteiger charge is -2.29. The number of carbonyl (C=O) groups excluding carboxylic acids is 1. The largest absolute Gasteiger partial charge is 0.312 e. The Bertz CT molecular complexity index is 679. The summed E-state index contributed by atoms with van der Waals surface area (Å²) in [5.74, 6) is 0.128. The van der Waals surface area contributed by atoms with Crippen molar-refractivity contribution >= 4 is 34.8 Å². The van der Waals surface area contributed by atoms with E-state index in [0.717, 1.165) is 30.6 Å². The minimum absolute atomic E-state index is 0.128. The van der Waals surface area contributed by atoms with Gasteiger partial charge in [-0.05, 0) is 48.6 Å². The average Bonchev–Trinajstić information content (AvgIpc) is 2.53. The number of benzene rings is 2. The van der Waals surface area contributed by atoms with Gasteiger partial charge in [-0.3, -0.25) is 4.79 Å². The van der Waals surface area contributed by atoms with E-state index in [1.165, 1.54) is 5.56 Å². The van der Waals surface area contributed by atoms with Crippen LogP contribution < -0.4 is 4.90 Å². The second-order valence-corrected chi connectivity index (χ2v) is 6.29. The number of para-hydroxylation sites is 1. The fourth-order valence-corrected chi connectivity index (χ4v) is 3.52. The van der Waals surface area contributed by atoms with Gasteiger partial charge in [-0.15, -0.1) is 0 Å². The average molecular weight is 334 g/mol. The Balaban J connectivity index is 1.74. The molecule has 22 heavy (non-hydrogen) atoms. The molecule has 0 bridgehead atoms. The monoisotopic (exact) mass is 333 g/mol. The highest BCUT2D eigenvalue weighted by molar-refractivity contribution is 6.36. The molecule has 0 aliphatic carbocycles. The van der Waals surface area contributed by atoms with Gasteiger partial charge in [0.25, 0.3) is 0 Å². The van der Waals surface area contributed by atoms with E-state index in [1.807, 2.05) is 41.3 Å². The van der Waals surface area contributed by atoms with E-state index in [9.17, 15) is 4.79 Å². The second kappa shape index (κ2) is 6.72. The van der Waals surface area contributed by atoms with Crippen molar-refractivity contribution in [2.24, 2.45) is 0 Å². The lowest BCUT2D eigenvalue weighted by Crippen LogP contribution is -2.35. The van der Waals surface area contributed by atoms with Gasteiger partial charge < -0.3 is 4.90 Å². The SMILES string of the molecule is O=C(CCc1c(Cl)cccc1Cl)N1CCCc2ccccc21. The number of anilines is 1. The Hall–Kier alpha value is -1.51. The van der Waals surface area contributed by atoms with Crippen LogP contribution >= 0.6 is 23.2 Å². The molecule has 0 aromatic heterocycles. The number of nitrogens with zero attached hydrogens (tertiary/aromatic N) is 1. The third-order valence-electron chi connectivity index (χ3n) is 4.06. The Morgan fingerprint density at radius 2 is 1.77 bits per heavy atom. The van der Waals surface area contributed by atoms with E-state index in [1.54, 1.807) is 0 Å². The Labute approximate surface area is 140 Å². The number of halogens is 2. The first-order valence-corrected chi connectivity index (χ1v) is 8.23. The molecule has 0 saturated carbocycles. The molecule has 114 valence electrons. The third kappa shape index (κ3) is 3.13. The van der Waals surface area contributed by atoms with Crippen molar-refractivity contribution in [1.82, 2.24) is 0 Å². The van der Waals surface area contributed by atoms with Gasteiger partial charge in [0.05, 0.1) is 0 Å². The highest BCUT2D eigenvalue weighted by atomic mass is 35.5. The standard InChI is InChI=1S/C18H17Cl2NO/c19-15-7-3-8-16(20)14(15)10-11-18(22)21-12-4-6-13-5-1-2-9-17(13)21/h1-3,5,7-9H,4,6,10-12H2. The zero-order chi connectivity index (χ0) is 15.5. The van der Waals surface area contributed by atoms with Crippen molar-refractivity contribution in [3.63, 3.8) is 0 Å². The quantitative estimate of drug-likeness (QED) is 0.781. The number of hydrogen-bond donors (Lipinski definition) is 0. The van der Waals surface area contributed by atoms with Gasteiger partial charge in [0.15, 0.2) is 0 Å². The minimum Gasteiger partial charge on any atom is -0.312 e. The van der Waals surface area contributed by atoms with Crippen LogP contribution in [0.5, 0.6) is 0 Å². The maximum Gasteiger partial charge on any atom is 0.227 e. The van der Waals surface area contributed by atoms with Crippen molar-refractivity contribution in [3.8, 4) is 0 Å². The minimum atomic E-state index is 0.128. The van der Waals surface area contributed by atoms with Crippen molar-refractivity contribution in [2.75, 3.05) is 11.4 Å². The van der Waals surface area contributed by atoms with Gasteiger partial charge in [-0.1, -0.05) is 47.5 Å². The second-order valence-electron chi connectivity index (χ2n) is 5.48. The molecule has 0 saturated heterocycles. The molecule has 1 heterocycles. The highest BCUT2D eigenvalue weighted by Gasteiger charge is 2.22. The molecule has 1 amide bonds. The first kappa shape index (κ1) is 15.4. The summed E-state index contributed by atoms with van der Waals surface area (Å²) in [5, 5.41) is 1.25. The van der Waals surface area contributed by atoms with Gasteiger partial charge in [-0.2, -0.15) is 0 Å². The van der Waals surface area contributed by atoms with Crippen LogP contribution in [0.25, 0.3) is 0 Å². The summed E-state index contributed by atoms with van der Waals surface area (Å²) < 4.78 is 0. The molecular formula is C18H17Cl2NO. The molecular weight excluding hydrogens is 317 g/mol. The number of rotatable bonds is 3. The summed E-state index contributed by atoms with van der Waals surface area (Å²) in [4.78, 5) is 14.5. The molecule has 0 unspecified atom stereocenters. The summed E-state index contributed by atoms with van der Waals surface area (Å²) in [6.07, 6.45) is 3.03. The number of aryl methyl sites for hydroxylation is 1. The van der Waals surface area contributed by atoms with Crippen LogP contribution in [-0.4, -0.2) is 12.5 Å². The first-order valence-electron chi connectivity index (χ1n) is 7.48. The van der Waals surface area contributed by atoms with E-state index in [-0.39, 0.29) is 5.91 Å². The van der Waals surface area contributed by atoms with Gasteiger partial charge in [0.2, 0.25) is 5.91 Å². The fourth-order valence-electron chi connectivity index (χ4n) is 2.93. The molecule has 0 atom stereocenters. The number of hydrogen-bond acceptors (Lipinski definition) is 1. The van der Waals surface area contributed by atoms with Crippen LogP contribution in [0.3, 0.4) is 0 Å². The number of fused-ring (bicyclic) bond motifs is 1. The zero-order valence-corrected chi connectivity index (χ0v) is 13.7. The number of amides is 1. The predicted molar refractivity (Wildman–Crippen MR) is 91.9 cm³/mol. The summed E-state index contributed by atoms with van der Waals surface area (Å²) in [6.45, 7) is 0.784. The Kier molecular flexibility index (Phi) is 4.70. The summed E-state index contributed by atoms with van der Waals surface area (Å²) in [7, 11) is 0. The maximum absolute atomic E-state index is 12.6. The summed E-state index contributed by atoms with van der Waals surface area (Å²) in [5.41, 5.74) is 3.14. The lowest BCUT2D eigenvalue weighted by molar-refractivity contribution is -0.118. The molecule has 0 N–H and O–H groups in total. The molecule has 1 aliphatic rings. The van der Waals surface area contributed by atoms with E-state index in [4.69, 9.17) is 23.2 Å².